The summed E-state index contributed by atoms with van der Waals surface area (Å²) in [5.74, 6) is 0.588. The number of hydrogen-bond donors (Lipinski definition) is 2. The van der Waals surface area contributed by atoms with Crippen LogP contribution in [0, 0.1) is 10.1 Å². The zero-order valence-electron chi connectivity index (χ0n) is 11.9. The Kier molecular flexibility index (Phi) is 7.31. The van der Waals surface area contributed by atoms with Crippen LogP contribution in [0.2, 0.25) is 5.02 Å². The summed E-state index contributed by atoms with van der Waals surface area (Å²) in [5.41, 5.74) is 0.235. The van der Waals surface area contributed by atoms with Gasteiger partial charge in [0.1, 0.15) is 5.69 Å². The second-order valence-electron chi connectivity index (χ2n) is 4.24. The molecule has 0 fully saturated rings. The third kappa shape index (κ3) is 5.09. The van der Waals surface area contributed by atoms with Crippen LogP contribution in [0.3, 0.4) is 0 Å². The van der Waals surface area contributed by atoms with Gasteiger partial charge in [0.15, 0.2) is 0 Å². The van der Waals surface area contributed by atoms with Gasteiger partial charge in [-0.15, -0.1) is 0 Å². The van der Waals surface area contributed by atoms with Crippen LogP contribution in [-0.2, 0) is 0 Å². The van der Waals surface area contributed by atoms with E-state index in [1.807, 2.05) is 13.2 Å². The summed E-state index contributed by atoms with van der Waals surface area (Å²) in [6, 6.07) is 2.68. The predicted molar refractivity (Wildman–Crippen MR) is 87.6 cm³/mol. The predicted octanol–water partition coefficient (Wildman–Crippen LogP) is 3.16. The van der Waals surface area contributed by atoms with Crippen molar-refractivity contribution in [3.8, 4) is 0 Å². The van der Waals surface area contributed by atoms with E-state index in [4.69, 9.17) is 11.6 Å². The summed E-state index contributed by atoms with van der Waals surface area (Å²) < 4.78 is 0. The Morgan fingerprint density at radius 2 is 2.19 bits per heavy atom. The number of nitrogens with one attached hydrogen (secondary N) is 2. The number of rotatable bonds is 8. The van der Waals surface area contributed by atoms with Gasteiger partial charge in [0, 0.05) is 24.7 Å². The van der Waals surface area contributed by atoms with Crippen molar-refractivity contribution in [2.24, 2.45) is 0 Å². The SMILES string of the molecule is CCNc1c(Cl)cc(C(=O)NCCCSC)cc1[N+](=O)[O-]. The third-order valence-corrected chi connectivity index (χ3v) is 3.69. The van der Waals surface area contributed by atoms with Crippen LogP contribution >= 0.6 is 23.4 Å². The van der Waals surface area contributed by atoms with Crippen LogP contribution in [0.4, 0.5) is 11.4 Å². The number of carbonyl (C=O) groups is 1. The van der Waals surface area contributed by atoms with E-state index in [2.05, 4.69) is 10.6 Å². The Morgan fingerprint density at radius 3 is 2.76 bits per heavy atom. The molecule has 1 aromatic carbocycles. The second-order valence-corrected chi connectivity index (χ2v) is 5.63. The van der Waals surface area contributed by atoms with Crippen molar-refractivity contribution in [1.82, 2.24) is 5.32 Å². The highest BCUT2D eigenvalue weighted by Crippen LogP contribution is 2.33. The smallest absolute Gasteiger partial charge is 0.294 e. The molecule has 8 heteroatoms. The van der Waals surface area contributed by atoms with Gasteiger partial charge < -0.3 is 10.6 Å². The second kappa shape index (κ2) is 8.74. The number of hydrogen-bond acceptors (Lipinski definition) is 5. The molecular formula is C13H18ClN3O3S. The van der Waals surface area contributed by atoms with Gasteiger partial charge in [-0.1, -0.05) is 11.6 Å². The number of carbonyl (C=O) groups excluding carboxylic acids is 1. The van der Waals surface area contributed by atoms with Crippen molar-refractivity contribution in [3.63, 3.8) is 0 Å². The highest BCUT2D eigenvalue weighted by atomic mass is 35.5. The zero-order chi connectivity index (χ0) is 15.8. The Bertz CT molecular complexity index is 526. The molecule has 0 saturated carbocycles. The molecule has 0 atom stereocenters. The van der Waals surface area contributed by atoms with Gasteiger partial charge >= 0.3 is 0 Å². The van der Waals surface area contributed by atoms with Crippen LogP contribution in [0.25, 0.3) is 0 Å². The maximum absolute atomic E-state index is 12.0. The molecule has 2 N–H and O–H groups in total. The average molecular weight is 332 g/mol. The molecule has 1 amide bonds. The quantitative estimate of drug-likeness (QED) is 0.434. The van der Waals surface area contributed by atoms with Crippen LogP contribution in [0.1, 0.15) is 23.7 Å². The van der Waals surface area contributed by atoms with E-state index in [0.29, 0.717) is 13.1 Å². The monoisotopic (exact) mass is 331 g/mol. The lowest BCUT2D eigenvalue weighted by Crippen LogP contribution is -2.25. The molecule has 1 rings (SSSR count). The van der Waals surface area contributed by atoms with Gasteiger partial charge in [-0.3, -0.25) is 14.9 Å². The first-order valence-corrected chi connectivity index (χ1v) is 8.27. The van der Waals surface area contributed by atoms with Gasteiger partial charge in [0.05, 0.1) is 9.95 Å². The van der Waals surface area contributed by atoms with Gasteiger partial charge in [-0.25, -0.2) is 0 Å². The fraction of sp³-hybridized carbons (Fsp3) is 0.462. The number of nitro benzene ring substituents is 1. The summed E-state index contributed by atoms with van der Waals surface area (Å²) in [6.07, 6.45) is 2.84. The molecular weight excluding hydrogens is 314 g/mol. The van der Waals surface area contributed by atoms with Gasteiger partial charge in [0.25, 0.3) is 11.6 Å². The number of benzene rings is 1. The molecule has 0 aromatic heterocycles. The lowest BCUT2D eigenvalue weighted by molar-refractivity contribution is -0.384. The Hall–Kier alpha value is -1.47. The number of thioether (sulfide) groups is 1. The van der Waals surface area contributed by atoms with Crippen molar-refractivity contribution >= 4 is 40.6 Å². The largest absolute Gasteiger partial charge is 0.379 e. The number of nitro groups is 1. The highest BCUT2D eigenvalue weighted by molar-refractivity contribution is 7.98. The molecule has 116 valence electrons. The van der Waals surface area contributed by atoms with Crippen molar-refractivity contribution in [2.45, 2.75) is 13.3 Å². The molecule has 0 heterocycles. The Balaban J connectivity index is 2.93. The van der Waals surface area contributed by atoms with E-state index in [1.165, 1.54) is 12.1 Å². The summed E-state index contributed by atoms with van der Waals surface area (Å²) >= 11 is 7.73. The van der Waals surface area contributed by atoms with Crippen molar-refractivity contribution < 1.29 is 9.72 Å². The molecule has 0 radical (unpaired) electrons. The Morgan fingerprint density at radius 1 is 1.48 bits per heavy atom. The summed E-state index contributed by atoms with van der Waals surface area (Å²) in [7, 11) is 0. The van der Waals surface area contributed by atoms with E-state index in [9.17, 15) is 14.9 Å². The zero-order valence-corrected chi connectivity index (χ0v) is 13.5. The third-order valence-electron chi connectivity index (χ3n) is 2.69. The fourth-order valence-electron chi connectivity index (χ4n) is 1.74. The molecule has 6 nitrogen and oxygen atoms in total. The molecule has 0 aliphatic rings. The fourth-order valence-corrected chi connectivity index (χ4v) is 2.45. The number of anilines is 1. The molecule has 0 aliphatic carbocycles. The Labute approximate surface area is 132 Å². The molecule has 0 saturated heterocycles. The molecule has 0 aliphatic heterocycles. The van der Waals surface area contributed by atoms with E-state index in [0.717, 1.165) is 12.2 Å². The first-order valence-electron chi connectivity index (χ1n) is 6.50. The van der Waals surface area contributed by atoms with Crippen molar-refractivity contribution in [3.05, 3.63) is 32.8 Å². The highest BCUT2D eigenvalue weighted by Gasteiger charge is 2.20. The number of amides is 1. The standard InChI is InChI=1S/C13H18ClN3O3S/c1-3-15-12-10(14)7-9(8-11(12)17(19)20)13(18)16-5-4-6-21-2/h7-8,15H,3-6H2,1-2H3,(H,16,18). The maximum Gasteiger partial charge on any atom is 0.294 e. The molecule has 0 bridgehead atoms. The molecule has 1 aromatic rings. The van der Waals surface area contributed by atoms with Gasteiger partial charge in [-0.2, -0.15) is 11.8 Å². The van der Waals surface area contributed by atoms with Crippen molar-refractivity contribution in [1.29, 1.82) is 0 Å². The topological polar surface area (TPSA) is 84.3 Å². The number of nitrogens with zero attached hydrogens (tertiary/aromatic N) is 1. The first kappa shape index (κ1) is 17.6. The van der Waals surface area contributed by atoms with Gasteiger partial charge in [-0.05, 0) is 31.4 Å². The minimum absolute atomic E-state index is 0.167. The van der Waals surface area contributed by atoms with Crippen LogP contribution in [0.5, 0.6) is 0 Å². The normalized spacial score (nSPS) is 10.2. The summed E-state index contributed by atoms with van der Waals surface area (Å²) in [6.45, 7) is 2.84. The van der Waals surface area contributed by atoms with E-state index in [-0.39, 0.29) is 27.9 Å². The van der Waals surface area contributed by atoms with Crippen LogP contribution < -0.4 is 10.6 Å². The van der Waals surface area contributed by atoms with Gasteiger partial charge in [0.2, 0.25) is 0 Å². The van der Waals surface area contributed by atoms with Crippen LogP contribution in [-0.4, -0.2) is 35.9 Å². The van der Waals surface area contributed by atoms with E-state index < -0.39 is 4.92 Å². The lowest BCUT2D eigenvalue weighted by atomic mass is 10.1. The summed E-state index contributed by atoms with van der Waals surface area (Å²) in [5, 5.41) is 16.8. The minimum Gasteiger partial charge on any atom is -0.379 e. The molecule has 0 unspecified atom stereocenters. The number of halogens is 1. The summed E-state index contributed by atoms with van der Waals surface area (Å²) in [4.78, 5) is 22.5. The van der Waals surface area contributed by atoms with Crippen molar-refractivity contribution in [2.75, 3.05) is 30.4 Å². The lowest BCUT2D eigenvalue weighted by Gasteiger charge is -2.10. The minimum atomic E-state index is -0.547. The molecule has 0 spiro atoms. The van der Waals surface area contributed by atoms with Crippen LogP contribution in [0.15, 0.2) is 12.1 Å². The van der Waals surface area contributed by atoms with E-state index in [1.54, 1.807) is 11.8 Å². The van der Waals surface area contributed by atoms with E-state index >= 15 is 0 Å². The molecule has 21 heavy (non-hydrogen) atoms. The average Bonchev–Trinajstić information content (AvgIpc) is 2.45. The maximum atomic E-state index is 12.0. The first-order chi connectivity index (χ1) is 10.0.